The quantitative estimate of drug-likeness (QED) is 0.519. The standard InChI is InChI=1S/C28H37N5O/c1-22-27(23(2)33(30-22)20-24-10-6-4-7-11-24)18-29-28(34)21-31(3)19-25-12-14-26(15-13-25)32-16-8-5-9-17-32/h4,6-7,10-15H,5,8-9,16-21H2,1-3H3,(H,29,34). The Kier molecular flexibility index (Phi) is 8.01. The van der Waals surface area contributed by atoms with Crippen molar-refractivity contribution in [3.05, 3.63) is 82.7 Å². The molecule has 0 bridgehead atoms. The molecule has 1 aromatic heterocycles. The van der Waals surface area contributed by atoms with E-state index in [1.54, 1.807) is 0 Å². The minimum Gasteiger partial charge on any atom is -0.372 e. The number of aromatic nitrogens is 2. The predicted octanol–water partition coefficient (Wildman–Crippen LogP) is 4.29. The molecular formula is C28H37N5O. The summed E-state index contributed by atoms with van der Waals surface area (Å²) in [5.74, 6) is 0.0297. The fourth-order valence-corrected chi connectivity index (χ4v) is 4.72. The first kappa shape index (κ1) is 24.0. The number of benzene rings is 2. The van der Waals surface area contributed by atoms with Gasteiger partial charge in [-0.1, -0.05) is 42.5 Å². The van der Waals surface area contributed by atoms with Gasteiger partial charge < -0.3 is 10.2 Å². The monoisotopic (exact) mass is 459 g/mol. The number of likely N-dealkylation sites (N-methyl/N-ethyl adjacent to an activating group) is 1. The SMILES string of the molecule is Cc1nn(Cc2ccccc2)c(C)c1CNC(=O)CN(C)Cc1ccc(N2CCCCC2)cc1. The molecule has 34 heavy (non-hydrogen) atoms. The van der Waals surface area contributed by atoms with E-state index in [9.17, 15) is 4.79 Å². The molecular weight excluding hydrogens is 422 g/mol. The molecule has 6 nitrogen and oxygen atoms in total. The minimum absolute atomic E-state index is 0.0297. The van der Waals surface area contributed by atoms with Crippen LogP contribution in [0, 0.1) is 13.8 Å². The first-order valence-corrected chi connectivity index (χ1v) is 12.4. The van der Waals surface area contributed by atoms with Crippen LogP contribution in [0.4, 0.5) is 5.69 Å². The maximum atomic E-state index is 12.6. The second-order valence-electron chi connectivity index (χ2n) is 9.46. The molecule has 0 saturated carbocycles. The number of piperidine rings is 1. The molecule has 6 heteroatoms. The Hall–Kier alpha value is -3.12. The van der Waals surface area contributed by atoms with Crippen LogP contribution in [0.15, 0.2) is 54.6 Å². The molecule has 1 amide bonds. The molecule has 0 unspecified atom stereocenters. The van der Waals surface area contributed by atoms with Crippen molar-refractivity contribution in [2.75, 3.05) is 31.6 Å². The molecule has 0 radical (unpaired) electrons. The average molecular weight is 460 g/mol. The lowest BCUT2D eigenvalue weighted by atomic mass is 10.1. The zero-order valence-electron chi connectivity index (χ0n) is 20.8. The van der Waals surface area contributed by atoms with Gasteiger partial charge in [-0.25, -0.2) is 0 Å². The molecule has 1 fully saturated rings. The molecule has 1 aliphatic heterocycles. The molecule has 0 aliphatic carbocycles. The fourth-order valence-electron chi connectivity index (χ4n) is 4.72. The van der Waals surface area contributed by atoms with Gasteiger partial charge >= 0.3 is 0 Å². The van der Waals surface area contributed by atoms with Crippen molar-refractivity contribution >= 4 is 11.6 Å². The van der Waals surface area contributed by atoms with Gasteiger partial charge in [-0.15, -0.1) is 0 Å². The number of nitrogens with zero attached hydrogens (tertiary/aromatic N) is 4. The highest BCUT2D eigenvalue weighted by molar-refractivity contribution is 5.78. The van der Waals surface area contributed by atoms with Crippen molar-refractivity contribution in [2.45, 2.75) is 52.7 Å². The number of carbonyl (C=O) groups is 1. The van der Waals surface area contributed by atoms with E-state index >= 15 is 0 Å². The molecule has 4 rings (SSSR count). The zero-order valence-corrected chi connectivity index (χ0v) is 20.8. The molecule has 2 heterocycles. The summed E-state index contributed by atoms with van der Waals surface area (Å²) in [7, 11) is 1.99. The van der Waals surface area contributed by atoms with Gasteiger partial charge in [-0.3, -0.25) is 14.4 Å². The first-order chi connectivity index (χ1) is 16.5. The van der Waals surface area contributed by atoms with Crippen molar-refractivity contribution in [1.82, 2.24) is 20.0 Å². The van der Waals surface area contributed by atoms with Gasteiger partial charge in [-0.2, -0.15) is 5.10 Å². The Morgan fingerprint density at radius 2 is 1.68 bits per heavy atom. The smallest absolute Gasteiger partial charge is 0.234 e. The highest BCUT2D eigenvalue weighted by Crippen LogP contribution is 2.20. The van der Waals surface area contributed by atoms with Gasteiger partial charge in [0.2, 0.25) is 5.91 Å². The number of hydrogen-bond donors (Lipinski definition) is 1. The summed E-state index contributed by atoms with van der Waals surface area (Å²) in [6.07, 6.45) is 3.91. The summed E-state index contributed by atoms with van der Waals surface area (Å²) < 4.78 is 2.02. The van der Waals surface area contributed by atoms with E-state index in [0.717, 1.165) is 43.1 Å². The third kappa shape index (κ3) is 6.26. The van der Waals surface area contributed by atoms with Crippen LogP contribution in [0.3, 0.4) is 0 Å². The Morgan fingerprint density at radius 3 is 2.38 bits per heavy atom. The van der Waals surface area contributed by atoms with E-state index in [1.165, 1.54) is 36.1 Å². The summed E-state index contributed by atoms with van der Waals surface area (Å²) >= 11 is 0. The Labute approximate surface area is 203 Å². The lowest BCUT2D eigenvalue weighted by molar-refractivity contribution is -0.122. The zero-order chi connectivity index (χ0) is 23.9. The highest BCUT2D eigenvalue weighted by Gasteiger charge is 2.14. The van der Waals surface area contributed by atoms with Crippen LogP contribution < -0.4 is 10.2 Å². The number of carbonyl (C=O) groups excluding carboxylic acids is 1. The Morgan fingerprint density at radius 1 is 0.971 bits per heavy atom. The van der Waals surface area contributed by atoms with Crippen LogP contribution in [0.25, 0.3) is 0 Å². The molecule has 3 aromatic rings. The maximum absolute atomic E-state index is 12.6. The average Bonchev–Trinajstić information content (AvgIpc) is 3.11. The van der Waals surface area contributed by atoms with Crippen molar-refractivity contribution in [3.63, 3.8) is 0 Å². The van der Waals surface area contributed by atoms with Gasteiger partial charge in [-0.05, 0) is 63.4 Å². The summed E-state index contributed by atoms with van der Waals surface area (Å²) in [4.78, 5) is 17.1. The van der Waals surface area contributed by atoms with Gasteiger partial charge in [0.25, 0.3) is 0 Å². The number of hydrogen-bond acceptors (Lipinski definition) is 4. The third-order valence-electron chi connectivity index (χ3n) is 6.69. The largest absolute Gasteiger partial charge is 0.372 e. The van der Waals surface area contributed by atoms with Crippen molar-refractivity contribution < 1.29 is 4.79 Å². The van der Waals surface area contributed by atoms with E-state index < -0.39 is 0 Å². The topological polar surface area (TPSA) is 53.4 Å². The van der Waals surface area contributed by atoms with Crippen LogP contribution in [0.1, 0.15) is 47.3 Å². The summed E-state index contributed by atoms with van der Waals surface area (Å²) in [5.41, 5.74) is 6.92. The van der Waals surface area contributed by atoms with Crippen LogP contribution in [-0.4, -0.2) is 47.3 Å². The van der Waals surface area contributed by atoms with E-state index in [-0.39, 0.29) is 5.91 Å². The van der Waals surface area contributed by atoms with Gasteiger partial charge in [0.1, 0.15) is 0 Å². The molecule has 1 aliphatic rings. The maximum Gasteiger partial charge on any atom is 0.234 e. The molecule has 0 atom stereocenters. The van der Waals surface area contributed by atoms with E-state index in [4.69, 9.17) is 5.10 Å². The van der Waals surface area contributed by atoms with Crippen molar-refractivity contribution in [3.8, 4) is 0 Å². The minimum atomic E-state index is 0.0297. The number of nitrogens with one attached hydrogen (secondary N) is 1. The van der Waals surface area contributed by atoms with Gasteiger partial charge in [0, 0.05) is 43.1 Å². The predicted molar refractivity (Wildman–Crippen MR) is 138 cm³/mol. The number of rotatable bonds is 9. The van der Waals surface area contributed by atoms with Crippen molar-refractivity contribution in [1.29, 1.82) is 0 Å². The van der Waals surface area contributed by atoms with Gasteiger partial charge in [0.05, 0.1) is 18.8 Å². The molecule has 0 spiro atoms. The number of amides is 1. The number of anilines is 1. The fraction of sp³-hybridized carbons (Fsp3) is 0.429. The second kappa shape index (κ2) is 11.3. The van der Waals surface area contributed by atoms with E-state index in [0.29, 0.717) is 13.1 Å². The van der Waals surface area contributed by atoms with E-state index in [1.807, 2.05) is 36.9 Å². The molecule has 180 valence electrons. The lowest BCUT2D eigenvalue weighted by Crippen LogP contribution is -2.34. The summed E-state index contributed by atoms with van der Waals surface area (Å²) in [6, 6.07) is 19.1. The summed E-state index contributed by atoms with van der Waals surface area (Å²) in [6.45, 7) is 8.75. The van der Waals surface area contributed by atoms with E-state index in [2.05, 4.69) is 58.4 Å². The molecule has 1 N–H and O–H groups in total. The highest BCUT2D eigenvalue weighted by atomic mass is 16.2. The summed E-state index contributed by atoms with van der Waals surface area (Å²) in [5, 5.41) is 7.78. The first-order valence-electron chi connectivity index (χ1n) is 12.4. The van der Waals surface area contributed by atoms with Crippen LogP contribution in [0.2, 0.25) is 0 Å². The molecule has 2 aromatic carbocycles. The van der Waals surface area contributed by atoms with Crippen LogP contribution in [0.5, 0.6) is 0 Å². The number of aryl methyl sites for hydroxylation is 1. The lowest BCUT2D eigenvalue weighted by Gasteiger charge is -2.29. The second-order valence-corrected chi connectivity index (χ2v) is 9.46. The van der Waals surface area contributed by atoms with Crippen molar-refractivity contribution in [2.24, 2.45) is 0 Å². The van der Waals surface area contributed by atoms with Crippen LogP contribution >= 0.6 is 0 Å². The molecule has 1 saturated heterocycles. The normalized spacial score (nSPS) is 13.9. The van der Waals surface area contributed by atoms with Crippen LogP contribution in [-0.2, 0) is 24.4 Å². The Balaban J connectivity index is 1.26. The third-order valence-corrected chi connectivity index (χ3v) is 6.69. The van der Waals surface area contributed by atoms with Gasteiger partial charge in [0.15, 0.2) is 0 Å². The Bertz CT molecular complexity index is 1070.